The first-order chi connectivity index (χ1) is 20.8. The molecule has 11 nitrogen and oxygen atoms in total. The monoisotopic (exact) mass is 596 g/mol. The summed E-state index contributed by atoms with van der Waals surface area (Å²) in [5, 5.41) is 21.5. The van der Waals surface area contributed by atoms with E-state index in [9.17, 15) is 23.5 Å². The third kappa shape index (κ3) is 6.75. The quantitative estimate of drug-likeness (QED) is 0.347. The van der Waals surface area contributed by atoms with Crippen LogP contribution in [0.4, 0.5) is 19.4 Å². The van der Waals surface area contributed by atoms with Crippen LogP contribution in [0.25, 0.3) is 11.3 Å². The molecule has 1 fully saturated rings. The summed E-state index contributed by atoms with van der Waals surface area (Å²) in [5.41, 5.74) is 3.46. The number of aliphatic hydroxyl groups is 1. The average Bonchev–Trinajstić information content (AvgIpc) is 3.57. The van der Waals surface area contributed by atoms with E-state index in [1.54, 1.807) is 21.8 Å². The van der Waals surface area contributed by atoms with Gasteiger partial charge in [-0.1, -0.05) is 30.3 Å². The predicted molar refractivity (Wildman–Crippen MR) is 154 cm³/mol. The molecule has 3 heterocycles. The van der Waals surface area contributed by atoms with Crippen LogP contribution >= 0.6 is 0 Å². The van der Waals surface area contributed by atoms with Gasteiger partial charge in [-0.25, -0.2) is 18.3 Å². The molecular formula is C30H34F2N6O5. The molecule has 228 valence electrons. The number of hydrogen-bond acceptors (Lipinski definition) is 7. The van der Waals surface area contributed by atoms with E-state index < -0.39 is 36.4 Å². The predicted octanol–water partition coefficient (Wildman–Crippen LogP) is 3.19. The van der Waals surface area contributed by atoms with Crippen molar-refractivity contribution in [1.29, 1.82) is 0 Å². The van der Waals surface area contributed by atoms with Gasteiger partial charge < -0.3 is 20.1 Å². The number of methoxy groups -OCH3 is 1. The Morgan fingerprint density at radius 1 is 1.16 bits per heavy atom. The number of aromatic nitrogens is 2. The molecule has 3 amide bonds. The summed E-state index contributed by atoms with van der Waals surface area (Å²) < 4.78 is 34.5. The molecule has 3 N–H and O–H groups in total. The van der Waals surface area contributed by atoms with Crippen molar-refractivity contribution >= 4 is 23.3 Å². The summed E-state index contributed by atoms with van der Waals surface area (Å²) in [7, 11) is 1.56. The van der Waals surface area contributed by atoms with Crippen molar-refractivity contribution < 1.29 is 33.1 Å². The number of carbonyl (C=O) groups is 2. The topological polar surface area (TPSA) is 121 Å². The fraction of sp³-hybridized carbons (Fsp3) is 0.367. The molecule has 0 unspecified atom stereocenters. The van der Waals surface area contributed by atoms with Crippen LogP contribution in [0.2, 0.25) is 0 Å². The summed E-state index contributed by atoms with van der Waals surface area (Å²) in [6.45, 7) is 3.19. The van der Waals surface area contributed by atoms with Crippen molar-refractivity contribution in [2.24, 2.45) is 0 Å². The number of carbonyl (C=O) groups excluding carboxylic acids is 2. The van der Waals surface area contributed by atoms with Gasteiger partial charge in [0.1, 0.15) is 18.5 Å². The number of rotatable bonds is 9. The second kappa shape index (κ2) is 13.4. The van der Waals surface area contributed by atoms with Gasteiger partial charge in [0.05, 0.1) is 24.0 Å². The fourth-order valence-corrected chi connectivity index (χ4v) is 5.26. The van der Waals surface area contributed by atoms with E-state index in [1.807, 2.05) is 43.3 Å². The molecule has 0 bridgehead atoms. The van der Waals surface area contributed by atoms with Gasteiger partial charge in [-0.2, -0.15) is 10.2 Å². The van der Waals surface area contributed by atoms with Gasteiger partial charge in [0.2, 0.25) is 5.91 Å². The zero-order chi connectivity index (χ0) is 30.5. The standard InChI is InChI=1S/C30H34F2N6O5/c1-19-27(20-10-12-36(13-11-20)26(40)18-39)35-38(22-6-4-3-5-7-22)29(19)34-30(41)33-25-17-37(14-15-42-2)43-28(25)21-8-9-23(31)24(32)16-21/h3-10,16,25,28,39H,11-15,17-18H2,1-2H3,(H2,33,34,41)/t25-,28+/m1/s1. The van der Waals surface area contributed by atoms with E-state index >= 15 is 0 Å². The van der Waals surface area contributed by atoms with E-state index in [4.69, 9.17) is 14.7 Å². The molecule has 1 saturated heterocycles. The summed E-state index contributed by atoms with van der Waals surface area (Å²) in [6.07, 6.45) is 1.68. The fourth-order valence-electron chi connectivity index (χ4n) is 5.26. The number of halogens is 2. The minimum Gasteiger partial charge on any atom is -0.387 e. The number of amides is 3. The highest BCUT2D eigenvalue weighted by molar-refractivity contribution is 5.91. The smallest absolute Gasteiger partial charge is 0.320 e. The zero-order valence-electron chi connectivity index (χ0n) is 23.9. The summed E-state index contributed by atoms with van der Waals surface area (Å²) in [6, 6.07) is 11.8. The van der Waals surface area contributed by atoms with Gasteiger partial charge in [-0.3, -0.25) is 14.9 Å². The molecule has 2 atom stereocenters. The second-order valence-electron chi connectivity index (χ2n) is 10.3. The number of para-hydroxylation sites is 1. The van der Waals surface area contributed by atoms with Gasteiger partial charge in [-0.15, -0.1) is 0 Å². The molecule has 0 spiro atoms. The Morgan fingerprint density at radius 3 is 2.63 bits per heavy atom. The van der Waals surface area contributed by atoms with E-state index in [0.29, 0.717) is 56.3 Å². The molecule has 1 aromatic heterocycles. The van der Waals surface area contributed by atoms with E-state index in [2.05, 4.69) is 10.6 Å². The molecule has 2 aromatic carbocycles. The number of ether oxygens (including phenoxy) is 1. The normalized spacial score (nSPS) is 18.9. The van der Waals surface area contributed by atoms with Crippen LogP contribution in [0.15, 0.2) is 54.6 Å². The number of urea groups is 1. The van der Waals surface area contributed by atoms with Crippen LogP contribution in [0.3, 0.4) is 0 Å². The van der Waals surface area contributed by atoms with Crippen LogP contribution in [-0.2, 0) is 14.4 Å². The molecule has 0 radical (unpaired) electrons. The van der Waals surface area contributed by atoms with Crippen LogP contribution in [0, 0.1) is 18.6 Å². The molecule has 3 aromatic rings. The molecule has 0 saturated carbocycles. The number of nitrogens with zero attached hydrogens (tertiary/aromatic N) is 4. The maximum Gasteiger partial charge on any atom is 0.320 e. The molecule has 0 aliphatic carbocycles. The van der Waals surface area contributed by atoms with Crippen LogP contribution in [0.5, 0.6) is 0 Å². The van der Waals surface area contributed by atoms with Crippen molar-refractivity contribution in [1.82, 2.24) is 25.1 Å². The Hall–Kier alpha value is -4.17. The lowest BCUT2D eigenvalue weighted by molar-refractivity contribution is -0.154. The highest BCUT2D eigenvalue weighted by Gasteiger charge is 2.37. The minimum atomic E-state index is -1.00. The summed E-state index contributed by atoms with van der Waals surface area (Å²) in [5.74, 6) is -1.86. The average molecular weight is 597 g/mol. The number of aliphatic hydroxyl groups excluding tert-OH is 1. The lowest BCUT2D eigenvalue weighted by Crippen LogP contribution is -2.42. The maximum absolute atomic E-state index is 14.1. The SMILES string of the molecule is COCCN1C[C@@H](NC(=O)Nc2c(C)c(C3=CCN(C(=O)CO)CC3)nn2-c2ccccc2)[C@H](c2ccc(F)c(F)c2)O1. The van der Waals surface area contributed by atoms with Crippen molar-refractivity contribution in [2.75, 3.05) is 51.8 Å². The van der Waals surface area contributed by atoms with Crippen molar-refractivity contribution in [3.05, 3.63) is 83.1 Å². The van der Waals surface area contributed by atoms with Crippen molar-refractivity contribution in [3.63, 3.8) is 0 Å². The second-order valence-corrected chi connectivity index (χ2v) is 10.3. The molecule has 2 aliphatic heterocycles. The zero-order valence-corrected chi connectivity index (χ0v) is 23.9. The first-order valence-corrected chi connectivity index (χ1v) is 13.9. The van der Waals surface area contributed by atoms with E-state index in [1.165, 1.54) is 6.07 Å². The van der Waals surface area contributed by atoms with Gasteiger partial charge in [0, 0.05) is 38.9 Å². The van der Waals surface area contributed by atoms with Gasteiger partial charge >= 0.3 is 6.03 Å². The molecule has 13 heteroatoms. The van der Waals surface area contributed by atoms with Gasteiger partial charge in [-0.05, 0) is 48.7 Å². The first-order valence-electron chi connectivity index (χ1n) is 13.9. The Bertz CT molecular complexity index is 1500. The Balaban J connectivity index is 1.40. The Kier molecular flexibility index (Phi) is 9.46. The third-order valence-electron chi connectivity index (χ3n) is 7.52. The lowest BCUT2D eigenvalue weighted by Gasteiger charge is -2.25. The molecule has 5 rings (SSSR count). The van der Waals surface area contributed by atoms with Crippen LogP contribution in [-0.4, -0.2) is 89.3 Å². The highest BCUT2D eigenvalue weighted by Crippen LogP contribution is 2.32. The largest absolute Gasteiger partial charge is 0.387 e. The molecule has 2 aliphatic rings. The number of hydroxylamine groups is 2. The van der Waals surface area contributed by atoms with Gasteiger partial charge in [0.25, 0.3) is 0 Å². The highest BCUT2D eigenvalue weighted by atomic mass is 19.2. The number of hydrogen-bond donors (Lipinski definition) is 3. The number of benzene rings is 2. The van der Waals surface area contributed by atoms with E-state index in [-0.39, 0.29) is 5.91 Å². The van der Waals surface area contributed by atoms with E-state index in [0.717, 1.165) is 29.0 Å². The third-order valence-corrected chi connectivity index (χ3v) is 7.52. The molecule has 43 heavy (non-hydrogen) atoms. The Morgan fingerprint density at radius 2 is 1.95 bits per heavy atom. The summed E-state index contributed by atoms with van der Waals surface area (Å²) in [4.78, 5) is 33.0. The van der Waals surface area contributed by atoms with Crippen LogP contribution in [0.1, 0.15) is 29.3 Å². The maximum atomic E-state index is 14.1. The minimum absolute atomic E-state index is 0.290. The van der Waals surface area contributed by atoms with Gasteiger partial charge in [0.15, 0.2) is 11.6 Å². The van der Waals surface area contributed by atoms with Crippen LogP contribution < -0.4 is 10.6 Å². The Labute approximate surface area is 247 Å². The van der Waals surface area contributed by atoms with Crippen molar-refractivity contribution in [3.8, 4) is 5.69 Å². The number of anilines is 1. The first kappa shape index (κ1) is 30.3. The number of nitrogens with one attached hydrogen (secondary N) is 2. The lowest BCUT2D eigenvalue weighted by atomic mass is 10.0. The molecular weight excluding hydrogens is 562 g/mol. The summed E-state index contributed by atoms with van der Waals surface area (Å²) >= 11 is 0. The van der Waals surface area contributed by atoms with Crippen molar-refractivity contribution in [2.45, 2.75) is 25.5 Å².